The van der Waals surface area contributed by atoms with Crippen LogP contribution < -0.4 is 19.5 Å². The molecule has 1 aromatic carbocycles. The molecule has 2 amide bonds. The maximum Gasteiger partial charge on any atom is 0.321 e. The van der Waals surface area contributed by atoms with Crippen molar-refractivity contribution in [2.45, 2.75) is 29.5 Å². The van der Waals surface area contributed by atoms with E-state index >= 15 is 0 Å². The Hall–Kier alpha value is -2.30. The monoisotopic (exact) mass is 437 g/mol. The van der Waals surface area contributed by atoms with Gasteiger partial charge in [0.05, 0.1) is 13.2 Å². The molecule has 1 fully saturated rings. The number of likely N-dealkylation sites (tertiary alicyclic amines) is 1. The van der Waals surface area contributed by atoms with Gasteiger partial charge in [-0.2, -0.15) is 0 Å². The topological polar surface area (TPSA) is 97.0 Å². The average molecular weight is 438 g/mol. The zero-order valence-electron chi connectivity index (χ0n) is 15.8. The summed E-state index contributed by atoms with van der Waals surface area (Å²) in [5.74, 6) is 1.31. The molecular weight excluding hydrogens is 414 g/mol. The number of rotatable bonds is 4. The van der Waals surface area contributed by atoms with Crippen molar-refractivity contribution in [3.05, 3.63) is 35.7 Å². The van der Waals surface area contributed by atoms with Gasteiger partial charge in [-0.05, 0) is 36.4 Å². The Balaban J connectivity index is 1.31. The van der Waals surface area contributed by atoms with E-state index in [-0.39, 0.29) is 12.1 Å². The Bertz CT molecular complexity index is 954. The summed E-state index contributed by atoms with van der Waals surface area (Å²) in [6.07, 6.45) is 1.96. The van der Waals surface area contributed by atoms with Crippen LogP contribution in [-0.2, 0) is 10.0 Å². The molecule has 0 unspecified atom stereocenters. The predicted octanol–water partition coefficient (Wildman–Crippen LogP) is 2.88. The molecule has 0 saturated carbocycles. The largest absolute Gasteiger partial charge is 0.490 e. The second-order valence-corrected chi connectivity index (χ2v) is 9.85. The van der Waals surface area contributed by atoms with E-state index in [1.165, 1.54) is 11.3 Å². The second kappa shape index (κ2) is 8.60. The summed E-state index contributed by atoms with van der Waals surface area (Å²) in [6.45, 7) is 2.16. The third-order valence-corrected chi connectivity index (χ3v) is 7.78. The van der Waals surface area contributed by atoms with Crippen LogP contribution in [0, 0.1) is 0 Å². The molecular formula is C19H23N3O5S2. The lowest BCUT2D eigenvalue weighted by molar-refractivity contribution is 0.193. The van der Waals surface area contributed by atoms with Crippen LogP contribution in [-0.4, -0.2) is 51.7 Å². The molecule has 0 spiro atoms. The summed E-state index contributed by atoms with van der Waals surface area (Å²) in [6, 6.07) is 8.26. The average Bonchev–Trinajstić information content (AvgIpc) is 3.16. The van der Waals surface area contributed by atoms with Crippen LogP contribution in [0.15, 0.2) is 39.9 Å². The van der Waals surface area contributed by atoms with Gasteiger partial charge in [0, 0.05) is 37.3 Å². The number of carbonyl (C=O) groups is 1. The summed E-state index contributed by atoms with van der Waals surface area (Å²) >= 11 is 1.19. The first kappa shape index (κ1) is 20.0. The number of ether oxygens (including phenoxy) is 2. The lowest BCUT2D eigenvalue weighted by Crippen LogP contribution is -2.47. The van der Waals surface area contributed by atoms with E-state index in [1.54, 1.807) is 40.6 Å². The van der Waals surface area contributed by atoms with E-state index in [9.17, 15) is 13.2 Å². The van der Waals surface area contributed by atoms with Crippen LogP contribution in [0.1, 0.15) is 19.3 Å². The van der Waals surface area contributed by atoms with Crippen molar-refractivity contribution in [3.8, 4) is 11.5 Å². The SMILES string of the molecule is O=C(Nc1ccc2c(c1)OCCCO2)N1CCC(NS(=O)(=O)c2cccs2)CC1. The maximum absolute atomic E-state index is 12.6. The Morgan fingerprint density at radius 3 is 2.59 bits per heavy atom. The number of amides is 2. The number of fused-ring (bicyclic) bond motifs is 1. The van der Waals surface area contributed by atoms with Gasteiger partial charge >= 0.3 is 6.03 Å². The van der Waals surface area contributed by atoms with Crippen LogP contribution >= 0.6 is 11.3 Å². The lowest BCUT2D eigenvalue weighted by Gasteiger charge is -2.32. The molecule has 2 aliphatic heterocycles. The molecule has 4 rings (SSSR count). The molecule has 156 valence electrons. The third kappa shape index (κ3) is 4.82. The first-order chi connectivity index (χ1) is 14.0. The summed E-state index contributed by atoms with van der Waals surface area (Å²) in [5.41, 5.74) is 0.639. The summed E-state index contributed by atoms with van der Waals surface area (Å²) < 4.78 is 39.0. The third-order valence-electron chi connectivity index (χ3n) is 4.86. The maximum atomic E-state index is 12.6. The van der Waals surface area contributed by atoms with Crippen LogP contribution in [0.5, 0.6) is 11.5 Å². The van der Waals surface area contributed by atoms with E-state index < -0.39 is 10.0 Å². The number of piperidine rings is 1. The molecule has 2 aromatic rings. The fourth-order valence-corrected chi connectivity index (χ4v) is 5.65. The van der Waals surface area contributed by atoms with Gasteiger partial charge in [-0.3, -0.25) is 0 Å². The number of thiophene rings is 1. The Kier molecular flexibility index (Phi) is 5.93. The molecule has 0 bridgehead atoms. The van der Waals surface area contributed by atoms with Crippen LogP contribution in [0.4, 0.5) is 10.5 Å². The second-order valence-electron chi connectivity index (χ2n) is 6.96. The minimum Gasteiger partial charge on any atom is -0.490 e. The van der Waals surface area contributed by atoms with Crippen LogP contribution in [0.25, 0.3) is 0 Å². The van der Waals surface area contributed by atoms with E-state index in [1.807, 2.05) is 0 Å². The van der Waals surface area contributed by atoms with Gasteiger partial charge < -0.3 is 19.7 Å². The van der Waals surface area contributed by atoms with Gasteiger partial charge in [-0.15, -0.1) is 11.3 Å². The van der Waals surface area contributed by atoms with Gasteiger partial charge in [-0.1, -0.05) is 6.07 Å². The molecule has 2 N–H and O–H groups in total. The highest BCUT2D eigenvalue weighted by atomic mass is 32.2. The Morgan fingerprint density at radius 1 is 1.10 bits per heavy atom. The quantitative estimate of drug-likeness (QED) is 0.767. The van der Waals surface area contributed by atoms with Crippen LogP contribution in [0.3, 0.4) is 0 Å². The highest BCUT2D eigenvalue weighted by Crippen LogP contribution is 2.32. The molecule has 1 aromatic heterocycles. The predicted molar refractivity (Wildman–Crippen MR) is 110 cm³/mol. The number of benzene rings is 1. The smallest absolute Gasteiger partial charge is 0.321 e. The number of hydrogen-bond acceptors (Lipinski definition) is 6. The number of carbonyl (C=O) groups excluding carboxylic acids is 1. The van der Waals surface area contributed by atoms with E-state index in [2.05, 4.69) is 10.0 Å². The Labute approximate surface area is 173 Å². The number of anilines is 1. The first-order valence-corrected chi connectivity index (χ1v) is 11.9. The number of urea groups is 1. The molecule has 2 aliphatic rings. The number of hydrogen-bond donors (Lipinski definition) is 2. The summed E-state index contributed by atoms with van der Waals surface area (Å²) in [7, 11) is -3.49. The van der Waals surface area contributed by atoms with Crippen molar-refractivity contribution in [2.24, 2.45) is 0 Å². The molecule has 10 heteroatoms. The number of sulfonamides is 1. The molecule has 29 heavy (non-hydrogen) atoms. The minimum atomic E-state index is -3.49. The zero-order valence-corrected chi connectivity index (χ0v) is 17.4. The fourth-order valence-electron chi connectivity index (χ4n) is 3.34. The summed E-state index contributed by atoms with van der Waals surface area (Å²) in [5, 5.41) is 4.62. The van der Waals surface area contributed by atoms with Crippen molar-refractivity contribution in [1.29, 1.82) is 0 Å². The van der Waals surface area contributed by atoms with Crippen molar-refractivity contribution >= 4 is 33.1 Å². The highest BCUT2D eigenvalue weighted by molar-refractivity contribution is 7.91. The van der Waals surface area contributed by atoms with E-state index in [4.69, 9.17) is 9.47 Å². The Morgan fingerprint density at radius 2 is 1.86 bits per heavy atom. The van der Waals surface area contributed by atoms with Gasteiger partial charge in [0.1, 0.15) is 4.21 Å². The van der Waals surface area contributed by atoms with E-state index in [0.29, 0.717) is 60.5 Å². The van der Waals surface area contributed by atoms with Crippen molar-refractivity contribution < 1.29 is 22.7 Å². The lowest BCUT2D eigenvalue weighted by atomic mass is 10.1. The van der Waals surface area contributed by atoms with Crippen molar-refractivity contribution in [2.75, 3.05) is 31.6 Å². The molecule has 8 nitrogen and oxygen atoms in total. The highest BCUT2D eigenvalue weighted by Gasteiger charge is 2.27. The minimum absolute atomic E-state index is 0.177. The molecule has 0 atom stereocenters. The zero-order chi connectivity index (χ0) is 20.3. The first-order valence-electron chi connectivity index (χ1n) is 9.53. The fraction of sp³-hybridized carbons (Fsp3) is 0.421. The van der Waals surface area contributed by atoms with Gasteiger partial charge in [0.15, 0.2) is 11.5 Å². The number of nitrogens with zero attached hydrogens (tertiary/aromatic N) is 1. The van der Waals surface area contributed by atoms with Gasteiger partial charge in [-0.25, -0.2) is 17.9 Å². The van der Waals surface area contributed by atoms with Crippen LogP contribution in [0.2, 0.25) is 0 Å². The van der Waals surface area contributed by atoms with Crippen molar-refractivity contribution in [3.63, 3.8) is 0 Å². The molecule has 0 aliphatic carbocycles. The van der Waals surface area contributed by atoms with Gasteiger partial charge in [0.2, 0.25) is 10.0 Å². The molecule has 1 saturated heterocycles. The normalized spacial score (nSPS) is 17.6. The van der Waals surface area contributed by atoms with Gasteiger partial charge in [0.25, 0.3) is 0 Å². The standard InChI is InChI=1S/C19H23N3O5S2/c23-19(20-15-4-5-16-17(13-15)27-11-2-10-26-16)22-8-6-14(7-9-22)21-29(24,25)18-3-1-12-28-18/h1,3-5,12-14,21H,2,6-11H2,(H,20,23). The number of nitrogens with one attached hydrogen (secondary N) is 2. The van der Waals surface area contributed by atoms with E-state index in [0.717, 1.165) is 6.42 Å². The van der Waals surface area contributed by atoms with Crippen molar-refractivity contribution in [1.82, 2.24) is 9.62 Å². The molecule has 0 radical (unpaired) electrons. The molecule has 3 heterocycles. The summed E-state index contributed by atoms with van der Waals surface area (Å²) in [4.78, 5) is 14.3.